The largest absolute Gasteiger partial charge is 0.347 e. The van der Waals surface area contributed by atoms with Gasteiger partial charge in [-0.3, -0.25) is 14.3 Å². The number of anilines is 1. The maximum atomic E-state index is 12.6. The van der Waals surface area contributed by atoms with Crippen molar-refractivity contribution in [3.05, 3.63) is 60.7 Å². The number of rotatable bonds is 6. The highest BCUT2D eigenvalue weighted by atomic mass is 16.2. The Morgan fingerprint density at radius 2 is 2.03 bits per heavy atom. The van der Waals surface area contributed by atoms with Crippen LogP contribution in [0.3, 0.4) is 0 Å². The highest BCUT2D eigenvalue weighted by molar-refractivity contribution is 5.95. The van der Waals surface area contributed by atoms with Crippen molar-refractivity contribution in [1.82, 2.24) is 30.2 Å². The van der Waals surface area contributed by atoms with E-state index in [9.17, 15) is 9.59 Å². The molecule has 0 spiro atoms. The zero-order valence-corrected chi connectivity index (χ0v) is 16.1. The predicted molar refractivity (Wildman–Crippen MR) is 108 cm³/mol. The summed E-state index contributed by atoms with van der Waals surface area (Å²) in [5, 5.41) is 17.1. The second-order valence-corrected chi connectivity index (χ2v) is 7.08. The number of carbonyl (C=O) groups excluding carboxylic acids is 2. The first kappa shape index (κ1) is 18.9. The van der Waals surface area contributed by atoms with Crippen LogP contribution in [-0.2, 0) is 16.6 Å². The molecule has 1 aliphatic heterocycles. The molecule has 9 heteroatoms. The first-order chi connectivity index (χ1) is 14.1. The lowest BCUT2D eigenvalue weighted by molar-refractivity contribution is -0.127. The van der Waals surface area contributed by atoms with Crippen LogP contribution >= 0.6 is 0 Å². The molecular formula is C20H23N7O2. The number of amides is 2. The Labute approximate surface area is 168 Å². The number of aryl methyl sites for hydroxylation is 1. The van der Waals surface area contributed by atoms with E-state index < -0.39 is 0 Å². The van der Waals surface area contributed by atoms with Crippen molar-refractivity contribution in [2.24, 2.45) is 13.0 Å². The Morgan fingerprint density at radius 3 is 2.72 bits per heavy atom. The Balaban J connectivity index is 1.29. The summed E-state index contributed by atoms with van der Waals surface area (Å²) in [6.45, 7) is 1.23. The molecule has 1 aromatic carbocycles. The lowest BCUT2D eigenvalue weighted by Crippen LogP contribution is -2.39. The number of benzene rings is 1. The molecule has 29 heavy (non-hydrogen) atoms. The van der Waals surface area contributed by atoms with Gasteiger partial charge in [-0.05, 0) is 35.9 Å². The Morgan fingerprint density at radius 1 is 1.21 bits per heavy atom. The number of hydrogen-bond acceptors (Lipinski definition) is 5. The van der Waals surface area contributed by atoms with Gasteiger partial charge in [0.25, 0.3) is 0 Å². The zero-order chi connectivity index (χ0) is 20.2. The fraction of sp³-hybridized carbons (Fsp3) is 0.300. The summed E-state index contributed by atoms with van der Waals surface area (Å²) in [6.07, 6.45) is 7.27. The molecule has 0 bridgehead atoms. The molecule has 0 aliphatic carbocycles. The molecule has 4 rings (SSSR count). The molecule has 3 heterocycles. The molecule has 3 N–H and O–H groups in total. The molecule has 0 saturated carbocycles. The molecule has 3 aromatic rings. The second kappa shape index (κ2) is 8.27. The van der Waals surface area contributed by atoms with Crippen molar-refractivity contribution < 1.29 is 9.59 Å². The van der Waals surface area contributed by atoms with Gasteiger partial charge in [-0.15, -0.1) is 0 Å². The molecule has 0 unspecified atom stereocenters. The van der Waals surface area contributed by atoms with Crippen LogP contribution < -0.4 is 16.0 Å². The van der Waals surface area contributed by atoms with Crippen LogP contribution in [0.2, 0.25) is 0 Å². The summed E-state index contributed by atoms with van der Waals surface area (Å²) in [5.74, 6) is -0.566. The van der Waals surface area contributed by atoms with Gasteiger partial charge in [0.05, 0.1) is 24.3 Å². The van der Waals surface area contributed by atoms with Gasteiger partial charge in [0.15, 0.2) is 0 Å². The molecule has 150 valence electrons. The summed E-state index contributed by atoms with van der Waals surface area (Å²) in [4.78, 5) is 24.8. The first-order valence-electron chi connectivity index (χ1n) is 9.47. The van der Waals surface area contributed by atoms with Crippen molar-refractivity contribution in [2.75, 3.05) is 25.0 Å². The van der Waals surface area contributed by atoms with E-state index in [1.54, 1.807) is 33.9 Å². The van der Waals surface area contributed by atoms with Gasteiger partial charge in [0.1, 0.15) is 0 Å². The third-order valence-corrected chi connectivity index (χ3v) is 5.05. The van der Waals surface area contributed by atoms with E-state index in [2.05, 4.69) is 26.1 Å². The average Bonchev–Trinajstić information content (AvgIpc) is 3.47. The monoisotopic (exact) mass is 393 g/mol. The van der Waals surface area contributed by atoms with Crippen LogP contribution in [-0.4, -0.2) is 51.0 Å². The normalized spacial score (nSPS) is 18.5. The van der Waals surface area contributed by atoms with E-state index in [4.69, 9.17) is 0 Å². The SMILES string of the molecule is Cn1cc([C@H]2CNC[C@@H]2C(=O)NCC(=O)Nc2ccc(-n3cccn3)cc2)cn1. The van der Waals surface area contributed by atoms with Gasteiger partial charge >= 0.3 is 0 Å². The van der Waals surface area contributed by atoms with Crippen LogP contribution in [0.5, 0.6) is 0 Å². The van der Waals surface area contributed by atoms with Crippen molar-refractivity contribution >= 4 is 17.5 Å². The highest BCUT2D eigenvalue weighted by Gasteiger charge is 2.34. The van der Waals surface area contributed by atoms with Crippen molar-refractivity contribution in [2.45, 2.75) is 5.92 Å². The highest BCUT2D eigenvalue weighted by Crippen LogP contribution is 2.27. The average molecular weight is 393 g/mol. The van der Waals surface area contributed by atoms with E-state index in [1.165, 1.54) is 0 Å². The van der Waals surface area contributed by atoms with Gasteiger partial charge in [0.2, 0.25) is 11.8 Å². The van der Waals surface area contributed by atoms with Crippen LogP contribution in [0.4, 0.5) is 5.69 Å². The Kier molecular flexibility index (Phi) is 5.39. The minimum atomic E-state index is -0.269. The summed E-state index contributed by atoms with van der Waals surface area (Å²) < 4.78 is 3.47. The van der Waals surface area contributed by atoms with Crippen LogP contribution in [0.15, 0.2) is 55.1 Å². The Bertz CT molecular complexity index is 979. The molecule has 9 nitrogen and oxygen atoms in total. The summed E-state index contributed by atoms with van der Waals surface area (Å²) >= 11 is 0. The number of carbonyl (C=O) groups is 2. The van der Waals surface area contributed by atoms with E-state index in [0.717, 1.165) is 17.8 Å². The quantitative estimate of drug-likeness (QED) is 0.571. The molecule has 1 fully saturated rings. The van der Waals surface area contributed by atoms with Gasteiger partial charge in [0, 0.05) is 50.3 Å². The molecule has 0 radical (unpaired) electrons. The third kappa shape index (κ3) is 4.35. The molecular weight excluding hydrogens is 370 g/mol. The van der Waals surface area contributed by atoms with Crippen LogP contribution in [0.1, 0.15) is 11.5 Å². The van der Waals surface area contributed by atoms with Crippen molar-refractivity contribution in [3.8, 4) is 5.69 Å². The third-order valence-electron chi connectivity index (χ3n) is 5.05. The number of nitrogens with one attached hydrogen (secondary N) is 3. The Hall–Kier alpha value is -3.46. The molecule has 2 aromatic heterocycles. The summed E-state index contributed by atoms with van der Waals surface area (Å²) in [7, 11) is 1.85. The molecule has 2 amide bonds. The van der Waals surface area contributed by atoms with Crippen LogP contribution in [0, 0.1) is 5.92 Å². The first-order valence-corrected chi connectivity index (χ1v) is 9.47. The lowest BCUT2D eigenvalue weighted by atomic mass is 9.90. The van der Waals surface area contributed by atoms with Gasteiger partial charge in [-0.2, -0.15) is 10.2 Å². The predicted octanol–water partition coefficient (Wildman–Crippen LogP) is 0.664. The van der Waals surface area contributed by atoms with Gasteiger partial charge in [-0.25, -0.2) is 4.68 Å². The van der Waals surface area contributed by atoms with E-state index in [1.807, 2.05) is 37.6 Å². The zero-order valence-electron chi connectivity index (χ0n) is 16.1. The molecule has 1 saturated heterocycles. The fourth-order valence-electron chi connectivity index (χ4n) is 3.56. The minimum Gasteiger partial charge on any atom is -0.347 e. The standard InChI is InChI=1S/C20H23N7O2/c1-26-13-14(9-24-26)17-10-21-11-18(17)20(29)22-12-19(28)25-15-3-5-16(6-4-15)27-8-2-7-23-27/h2-9,13,17-18,21H,10-12H2,1H3,(H,22,29)(H,25,28)/t17-,18+/m1/s1. The van der Waals surface area contributed by atoms with Gasteiger partial charge in [-0.1, -0.05) is 0 Å². The topological polar surface area (TPSA) is 106 Å². The molecule has 2 atom stereocenters. The van der Waals surface area contributed by atoms with Crippen molar-refractivity contribution in [3.63, 3.8) is 0 Å². The fourth-order valence-corrected chi connectivity index (χ4v) is 3.56. The maximum absolute atomic E-state index is 12.6. The molecule has 1 aliphatic rings. The van der Waals surface area contributed by atoms with E-state index in [0.29, 0.717) is 12.2 Å². The van der Waals surface area contributed by atoms with Gasteiger partial charge < -0.3 is 16.0 Å². The minimum absolute atomic E-state index is 0.0570. The van der Waals surface area contributed by atoms with E-state index in [-0.39, 0.29) is 30.2 Å². The summed E-state index contributed by atoms with van der Waals surface area (Å²) in [5.41, 5.74) is 2.59. The number of hydrogen-bond donors (Lipinski definition) is 3. The maximum Gasteiger partial charge on any atom is 0.243 e. The number of nitrogens with zero attached hydrogens (tertiary/aromatic N) is 4. The smallest absolute Gasteiger partial charge is 0.243 e. The number of aromatic nitrogens is 4. The lowest BCUT2D eigenvalue weighted by Gasteiger charge is -2.17. The van der Waals surface area contributed by atoms with E-state index >= 15 is 0 Å². The van der Waals surface area contributed by atoms with Crippen molar-refractivity contribution in [1.29, 1.82) is 0 Å². The van der Waals surface area contributed by atoms with Crippen LogP contribution in [0.25, 0.3) is 5.69 Å². The second-order valence-electron chi connectivity index (χ2n) is 7.08. The summed E-state index contributed by atoms with van der Waals surface area (Å²) in [6, 6.07) is 9.18.